The van der Waals surface area contributed by atoms with E-state index in [-0.39, 0.29) is 30.6 Å². The Hall–Kier alpha value is -1.89. The van der Waals surface area contributed by atoms with Gasteiger partial charge in [0.2, 0.25) is 5.91 Å². The molecule has 0 fully saturated rings. The van der Waals surface area contributed by atoms with E-state index in [1.54, 1.807) is 7.05 Å². The molecule has 0 aliphatic carbocycles. The Morgan fingerprint density at radius 2 is 2.11 bits per heavy atom. The van der Waals surface area contributed by atoms with Crippen LogP contribution in [0.1, 0.15) is 6.92 Å². The molecule has 0 aromatic rings. The first kappa shape index (κ1) is 16.1. The van der Waals surface area contributed by atoms with E-state index in [1.165, 1.54) is 24.1 Å². The lowest BCUT2D eigenvalue weighted by Crippen LogP contribution is -2.42. The highest BCUT2D eigenvalue weighted by Crippen LogP contribution is 1.90. The van der Waals surface area contributed by atoms with Gasteiger partial charge >= 0.3 is 0 Å². The van der Waals surface area contributed by atoms with Crippen LogP contribution in [-0.2, 0) is 9.59 Å². The predicted molar refractivity (Wildman–Crippen MR) is 70.2 cm³/mol. The number of likely N-dealkylation sites (N-methyl/N-ethyl adjacent to an activating group) is 1. The number of hydrogen-bond donors (Lipinski definition) is 4. The first-order valence-corrected chi connectivity index (χ1v) is 5.63. The molecule has 0 aromatic carbocycles. The maximum absolute atomic E-state index is 11.8. The Kier molecular flexibility index (Phi) is 8.21. The monoisotopic (exact) mass is 255 g/mol. The van der Waals surface area contributed by atoms with Gasteiger partial charge in [0, 0.05) is 19.3 Å². The number of hydrogen-bond acceptors (Lipinski definition) is 5. The van der Waals surface area contributed by atoms with E-state index in [0.717, 1.165) is 0 Å². The molecule has 0 saturated carbocycles. The van der Waals surface area contributed by atoms with Crippen LogP contribution in [0.15, 0.2) is 12.3 Å². The average molecular weight is 255 g/mol. The quantitative estimate of drug-likeness (QED) is 0.301. The molecule has 0 radical (unpaired) electrons. The predicted octanol–water partition coefficient (Wildman–Crippen LogP) is -1.34. The van der Waals surface area contributed by atoms with E-state index in [2.05, 4.69) is 10.6 Å². The van der Waals surface area contributed by atoms with Crippen molar-refractivity contribution in [1.29, 1.82) is 5.41 Å². The number of carbonyl (C=O) groups excluding carboxylic acids is 2. The van der Waals surface area contributed by atoms with Crippen molar-refractivity contribution in [3.8, 4) is 0 Å². The normalized spacial score (nSPS) is 10.3. The fourth-order valence-electron chi connectivity index (χ4n) is 1.21. The van der Waals surface area contributed by atoms with Gasteiger partial charge in [0.05, 0.1) is 13.1 Å². The zero-order chi connectivity index (χ0) is 14.0. The molecule has 0 saturated heterocycles. The van der Waals surface area contributed by atoms with Gasteiger partial charge in [-0.05, 0) is 20.0 Å². The molecule has 0 aliphatic rings. The summed E-state index contributed by atoms with van der Waals surface area (Å²) in [5.41, 5.74) is 5.11. The minimum absolute atomic E-state index is 0.0567. The molecule has 0 heterocycles. The van der Waals surface area contributed by atoms with Gasteiger partial charge in [0.15, 0.2) is 0 Å². The van der Waals surface area contributed by atoms with Crippen molar-refractivity contribution in [2.45, 2.75) is 6.92 Å². The van der Waals surface area contributed by atoms with Crippen molar-refractivity contribution in [3.05, 3.63) is 12.3 Å². The smallest absolute Gasteiger partial charge is 0.242 e. The second kappa shape index (κ2) is 9.17. The fraction of sp³-hybridized carbons (Fsp3) is 0.545. The van der Waals surface area contributed by atoms with Gasteiger partial charge in [0.1, 0.15) is 11.6 Å². The number of nitrogens with two attached hydrogens (primary N) is 1. The van der Waals surface area contributed by atoms with Gasteiger partial charge in [0.25, 0.3) is 0 Å². The lowest BCUT2D eigenvalue weighted by Gasteiger charge is -2.21. The van der Waals surface area contributed by atoms with Crippen molar-refractivity contribution in [1.82, 2.24) is 15.5 Å². The second-order valence-electron chi connectivity index (χ2n) is 3.79. The fourth-order valence-corrected chi connectivity index (χ4v) is 1.21. The van der Waals surface area contributed by atoms with Gasteiger partial charge < -0.3 is 21.3 Å². The van der Waals surface area contributed by atoms with Crippen molar-refractivity contribution < 1.29 is 9.59 Å². The van der Waals surface area contributed by atoms with E-state index in [0.29, 0.717) is 13.1 Å². The van der Waals surface area contributed by atoms with E-state index >= 15 is 0 Å². The van der Waals surface area contributed by atoms with Crippen molar-refractivity contribution in [2.75, 3.05) is 33.2 Å². The Morgan fingerprint density at radius 1 is 1.44 bits per heavy atom. The molecule has 7 nitrogen and oxygen atoms in total. The Labute approximate surface area is 107 Å². The first-order valence-electron chi connectivity index (χ1n) is 5.63. The second-order valence-corrected chi connectivity index (χ2v) is 3.79. The Morgan fingerprint density at radius 3 is 2.61 bits per heavy atom. The van der Waals surface area contributed by atoms with Crippen LogP contribution in [0.5, 0.6) is 0 Å². The highest BCUT2D eigenvalue weighted by Gasteiger charge is 2.13. The standard InChI is InChI=1S/C11H21N5O2/c1-9(17)8-16(6-5-14-2)11(18)7-15-4-3-10(12)13/h3-4,14-15H,5-8H2,1-2H3,(H3,12,13)/b4-3-. The van der Waals surface area contributed by atoms with Crippen LogP contribution in [0.3, 0.4) is 0 Å². The van der Waals surface area contributed by atoms with Crippen LogP contribution in [0.25, 0.3) is 0 Å². The lowest BCUT2D eigenvalue weighted by atomic mass is 10.3. The molecule has 0 unspecified atom stereocenters. The minimum Gasteiger partial charge on any atom is -0.384 e. The van der Waals surface area contributed by atoms with Gasteiger partial charge in [-0.3, -0.25) is 15.0 Å². The SMILES string of the molecule is CNCCN(CC(C)=O)C(=O)CN/C=C\C(=N)N. The molecular weight excluding hydrogens is 234 g/mol. The molecule has 0 atom stereocenters. The molecule has 0 bridgehead atoms. The van der Waals surface area contributed by atoms with Crippen LogP contribution < -0.4 is 16.4 Å². The molecule has 18 heavy (non-hydrogen) atoms. The summed E-state index contributed by atoms with van der Waals surface area (Å²) in [6.45, 7) is 2.73. The zero-order valence-electron chi connectivity index (χ0n) is 10.8. The van der Waals surface area contributed by atoms with Crippen LogP contribution in [0.2, 0.25) is 0 Å². The molecule has 0 aromatic heterocycles. The average Bonchev–Trinajstić information content (AvgIpc) is 2.29. The molecule has 1 amide bonds. The number of rotatable bonds is 9. The Bertz CT molecular complexity index is 327. The third kappa shape index (κ3) is 8.28. The number of amides is 1. The summed E-state index contributed by atoms with van der Waals surface area (Å²) in [4.78, 5) is 24.3. The van der Waals surface area contributed by atoms with Gasteiger partial charge in [-0.1, -0.05) is 0 Å². The number of amidine groups is 1. The van der Waals surface area contributed by atoms with Gasteiger partial charge in [-0.25, -0.2) is 0 Å². The highest BCUT2D eigenvalue weighted by molar-refractivity contribution is 5.88. The maximum Gasteiger partial charge on any atom is 0.242 e. The third-order valence-electron chi connectivity index (χ3n) is 2.03. The number of carbonyl (C=O) groups is 2. The molecular formula is C11H21N5O2. The summed E-state index contributed by atoms with van der Waals surface area (Å²) in [5, 5.41) is 12.6. The van der Waals surface area contributed by atoms with Crippen LogP contribution in [-0.4, -0.2) is 55.7 Å². The van der Waals surface area contributed by atoms with E-state index in [1.807, 2.05) is 0 Å². The molecule has 7 heteroatoms. The van der Waals surface area contributed by atoms with E-state index in [9.17, 15) is 9.59 Å². The minimum atomic E-state index is -0.173. The summed E-state index contributed by atoms with van der Waals surface area (Å²) in [6, 6.07) is 0. The molecule has 0 rings (SSSR count). The molecule has 0 aliphatic heterocycles. The number of nitrogens with one attached hydrogen (secondary N) is 3. The summed E-state index contributed by atoms with van der Waals surface area (Å²) in [7, 11) is 1.78. The maximum atomic E-state index is 11.8. The van der Waals surface area contributed by atoms with Gasteiger partial charge in [-0.15, -0.1) is 0 Å². The first-order chi connectivity index (χ1) is 8.47. The topological polar surface area (TPSA) is 111 Å². The highest BCUT2D eigenvalue weighted by atomic mass is 16.2. The van der Waals surface area contributed by atoms with Crippen molar-refractivity contribution >= 4 is 17.5 Å². The number of nitrogens with zero attached hydrogens (tertiary/aromatic N) is 1. The lowest BCUT2D eigenvalue weighted by molar-refractivity contribution is -0.133. The summed E-state index contributed by atoms with van der Waals surface area (Å²) < 4.78 is 0. The number of ketones is 1. The van der Waals surface area contributed by atoms with Crippen LogP contribution >= 0.6 is 0 Å². The zero-order valence-corrected chi connectivity index (χ0v) is 10.8. The summed E-state index contributed by atoms with van der Waals surface area (Å²) >= 11 is 0. The largest absolute Gasteiger partial charge is 0.384 e. The molecule has 5 N–H and O–H groups in total. The van der Waals surface area contributed by atoms with Crippen LogP contribution in [0.4, 0.5) is 0 Å². The van der Waals surface area contributed by atoms with E-state index in [4.69, 9.17) is 11.1 Å². The molecule has 0 spiro atoms. The van der Waals surface area contributed by atoms with Crippen molar-refractivity contribution in [2.24, 2.45) is 5.73 Å². The van der Waals surface area contributed by atoms with E-state index < -0.39 is 0 Å². The molecule has 102 valence electrons. The summed E-state index contributed by atoms with van der Waals surface area (Å²) in [5.74, 6) is -0.321. The summed E-state index contributed by atoms with van der Waals surface area (Å²) in [6.07, 6.45) is 2.78. The van der Waals surface area contributed by atoms with Crippen LogP contribution in [0, 0.1) is 5.41 Å². The third-order valence-corrected chi connectivity index (χ3v) is 2.03. The number of Topliss-reactive ketones (excluding diaryl/α,β-unsaturated/α-hetero) is 1. The van der Waals surface area contributed by atoms with Crippen molar-refractivity contribution in [3.63, 3.8) is 0 Å². The Balaban J connectivity index is 4.19. The van der Waals surface area contributed by atoms with Gasteiger partial charge in [-0.2, -0.15) is 0 Å².